The molecular formula is C14H18N2O5. The highest BCUT2D eigenvalue weighted by Crippen LogP contribution is 2.14. The smallest absolute Gasteiger partial charge is 0.326 e. The lowest BCUT2D eigenvalue weighted by Gasteiger charge is -2.13. The van der Waals surface area contributed by atoms with E-state index < -0.39 is 30.2 Å². The third-order valence-corrected chi connectivity index (χ3v) is 2.50. The van der Waals surface area contributed by atoms with Crippen LogP contribution in [0.2, 0.25) is 0 Å². The number of hydrogen-bond donors (Lipinski definition) is 3. The molecule has 114 valence electrons. The number of amides is 2. The molecule has 0 bridgehead atoms. The summed E-state index contributed by atoms with van der Waals surface area (Å²) in [6.07, 6.45) is -0.452. The Morgan fingerprint density at radius 1 is 1.24 bits per heavy atom. The zero-order valence-corrected chi connectivity index (χ0v) is 11.8. The number of carboxylic acid groups (broad SMARTS) is 1. The minimum absolute atomic E-state index is 0.0108. The number of aliphatic carboxylic acids is 1. The zero-order chi connectivity index (χ0) is 16.0. The van der Waals surface area contributed by atoms with E-state index in [1.807, 2.05) is 13.8 Å². The van der Waals surface area contributed by atoms with Gasteiger partial charge in [0.1, 0.15) is 11.8 Å². The first-order valence-corrected chi connectivity index (χ1v) is 6.38. The van der Waals surface area contributed by atoms with Crippen molar-refractivity contribution in [3.63, 3.8) is 0 Å². The van der Waals surface area contributed by atoms with Crippen LogP contribution in [0.1, 0.15) is 30.6 Å². The van der Waals surface area contributed by atoms with E-state index in [9.17, 15) is 14.4 Å². The molecule has 4 N–H and O–H groups in total. The average Bonchev–Trinajstić information content (AvgIpc) is 2.37. The Bertz CT molecular complexity index is 525. The number of benzene rings is 1. The molecule has 1 aromatic carbocycles. The summed E-state index contributed by atoms with van der Waals surface area (Å²) in [6, 6.07) is 4.89. The van der Waals surface area contributed by atoms with Gasteiger partial charge >= 0.3 is 5.97 Å². The third-order valence-electron chi connectivity index (χ3n) is 2.50. The van der Waals surface area contributed by atoms with Crippen molar-refractivity contribution in [2.75, 3.05) is 0 Å². The van der Waals surface area contributed by atoms with Crippen LogP contribution in [-0.4, -0.2) is 35.0 Å². The van der Waals surface area contributed by atoms with Crippen molar-refractivity contribution >= 4 is 17.8 Å². The lowest BCUT2D eigenvalue weighted by atomic mass is 10.1. The van der Waals surface area contributed by atoms with Gasteiger partial charge in [-0.05, 0) is 38.1 Å². The van der Waals surface area contributed by atoms with Gasteiger partial charge < -0.3 is 20.9 Å². The molecular weight excluding hydrogens is 276 g/mol. The predicted molar refractivity (Wildman–Crippen MR) is 74.9 cm³/mol. The highest BCUT2D eigenvalue weighted by atomic mass is 16.5. The molecule has 7 heteroatoms. The number of carbonyl (C=O) groups is 3. The summed E-state index contributed by atoms with van der Waals surface area (Å²) in [5.41, 5.74) is 5.21. The lowest BCUT2D eigenvalue weighted by molar-refractivity contribution is -0.140. The third kappa shape index (κ3) is 5.52. The number of nitrogens with two attached hydrogens (primary N) is 1. The van der Waals surface area contributed by atoms with Gasteiger partial charge in [-0.3, -0.25) is 9.59 Å². The minimum Gasteiger partial charge on any atom is -0.491 e. The second kappa shape index (κ2) is 7.28. The van der Waals surface area contributed by atoms with Crippen molar-refractivity contribution in [2.24, 2.45) is 5.73 Å². The molecule has 0 spiro atoms. The maximum Gasteiger partial charge on any atom is 0.326 e. The number of rotatable bonds is 7. The van der Waals surface area contributed by atoms with Crippen LogP contribution in [0.5, 0.6) is 5.75 Å². The van der Waals surface area contributed by atoms with E-state index in [4.69, 9.17) is 15.6 Å². The standard InChI is InChI=1S/C14H18N2O5/c1-8(2)21-10-5-3-9(4-6-10)13(18)16-11(14(19)20)7-12(15)17/h3-6,8,11H,7H2,1-2H3,(H2,15,17)(H,16,18)(H,19,20)/t11-/m1/s1. The van der Waals surface area contributed by atoms with E-state index >= 15 is 0 Å². The summed E-state index contributed by atoms with van der Waals surface area (Å²) in [5, 5.41) is 11.2. The molecule has 1 atom stereocenters. The van der Waals surface area contributed by atoms with Crippen molar-refractivity contribution < 1.29 is 24.2 Å². The van der Waals surface area contributed by atoms with Crippen LogP contribution in [0.15, 0.2) is 24.3 Å². The molecule has 0 unspecified atom stereocenters. The molecule has 0 aliphatic carbocycles. The minimum atomic E-state index is -1.35. The van der Waals surface area contributed by atoms with E-state index in [0.717, 1.165) is 0 Å². The number of primary amides is 1. The van der Waals surface area contributed by atoms with Gasteiger partial charge in [0.05, 0.1) is 12.5 Å². The molecule has 21 heavy (non-hydrogen) atoms. The molecule has 0 heterocycles. The highest BCUT2D eigenvalue weighted by molar-refractivity contribution is 5.97. The van der Waals surface area contributed by atoms with Gasteiger partial charge in [0.15, 0.2) is 0 Å². The van der Waals surface area contributed by atoms with Crippen LogP contribution in [0, 0.1) is 0 Å². The first kappa shape index (κ1) is 16.5. The maximum atomic E-state index is 11.9. The molecule has 2 amide bonds. The molecule has 0 saturated heterocycles. The Hall–Kier alpha value is -2.57. The Labute approximate surface area is 122 Å². The van der Waals surface area contributed by atoms with E-state index in [-0.39, 0.29) is 11.7 Å². The largest absolute Gasteiger partial charge is 0.491 e. The van der Waals surface area contributed by atoms with Crippen LogP contribution in [0.3, 0.4) is 0 Å². The molecule has 0 fully saturated rings. The summed E-state index contributed by atoms with van der Waals surface area (Å²) in [5.74, 6) is -2.11. The quantitative estimate of drug-likeness (QED) is 0.678. The van der Waals surface area contributed by atoms with Gasteiger partial charge in [-0.25, -0.2) is 4.79 Å². The van der Waals surface area contributed by atoms with Crippen molar-refractivity contribution in [1.82, 2.24) is 5.32 Å². The molecule has 1 rings (SSSR count). The fraction of sp³-hybridized carbons (Fsp3) is 0.357. The van der Waals surface area contributed by atoms with Crippen LogP contribution in [-0.2, 0) is 9.59 Å². The first-order valence-electron chi connectivity index (χ1n) is 6.38. The number of hydrogen-bond acceptors (Lipinski definition) is 4. The van der Waals surface area contributed by atoms with E-state index in [0.29, 0.717) is 5.75 Å². The van der Waals surface area contributed by atoms with Crippen LogP contribution < -0.4 is 15.8 Å². The second-order valence-corrected chi connectivity index (χ2v) is 4.73. The monoisotopic (exact) mass is 294 g/mol. The molecule has 0 saturated carbocycles. The summed E-state index contributed by atoms with van der Waals surface area (Å²) in [6.45, 7) is 3.75. The van der Waals surface area contributed by atoms with Gasteiger partial charge in [-0.15, -0.1) is 0 Å². The molecule has 0 aliphatic heterocycles. The molecule has 7 nitrogen and oxygen atoms in total. The Balaban J connectivity index is 2.73. The van der Waals surface area contributed by atoms with Gasteiger partial charge in [0, 0.05) is 5.56 Å². The van der Waals surface area contributed by atoms with Crippen molar-refractivity contribution in [2.45, 2.75) is 32.4 Å². The van der Waals surface area contributed by atoms with Gasteiger partial charge in [0.25, 0.3) is 5.91 Å². The number of carbonyl (C=O) groups excluding carboxylic acids is 2. The first-order chi connectivity index (χ1) is 9.79. The fourth-order valence-electron chi connectivity index (χ4n) is 1.60. The molecule has 1 aromatic rings. The van der Waals surface area contributed by atoms with Crippen molar-refractivity contribution in [1.29, 1.82) is 0 Å². The summed E-state index contributed by atoms with van der Waals surface area (Å²) < 4.78 is 5.43. The Kier molecular flexibility index (Phi) is 5.71. The second-order valence-electron chi connectivity index (χ2n) is 4.73. The number of carboxylic acids is 1. The van der Waals surface area contributed by atoms with Crippen LogP contribution in [0.25, 0.3) is 0 Å². The van der Waals surface area contributed by atoms with E-state index in [2.05, 4.69) is 5.32 Å². The summed E-state index contributed by atoms with van der Waals surface area (Å²) in [7, 11) is 0. The van der Waals surface area contributed by atoms with E-state index in [1.54, 1.807) is 12.1 Å². The van der Waals surface area contributed by atoms with Crippen LogP contribution >= 0.6 is 0 Å². The normalized spacial score (nSPS) is 11.8. The predicted octanol–water partition coefficient (Wildman–Crippen LogP) is 0.532. The number of ether oxygens (including phenoxy) is 1. The maximum absolute atomic E-state index is 11.9. The average molecular weight is 294 g/mol. The Morgan fingerprint density at radius 2 is 1.81 bits per heavy atom. The molecule has 0 aliphatic rings. The fourth-order valence-corrected chi connectivity index (χ4v) is 1.60. The van der Waals surface area contributed by atoms with Crippen molar-refractivity contribution in [3.8, 4) is 5.75 Å². The Morgan fingerprint density at radius 3 is 2.24 bits per heavy atom. The van der Waals surface area contributed by atoms with Crippen LogP contribution in [0.4, 0.5) is 0 Å². The zero-order valence-electron chi connectivity index (χ0n) is 11.8. The van der Waals surface area contributed by atoms with Gasteiger partial charge in [0.2, 0.25) is 5.91 Å². The lowest BCUT2D eigenvalue weighted by Crippen LogP contribution is -2.43. The highest BCUT2D eigenvalue weighted by Gasteiger charge is 2.22. The van der Waals surface area contributed by atoms with E-state index in [1.165, 1.54) is 12.1 Å². The molecule has 0 radical (unpaired) electrons. The SMILES string of the molecule is CC(C)Oc1ccc(C(=O)N[C@H](CC(N)=O)C(=O)O)cc1. The number of nitrogens with one attached hydrogen (secondary N) is 1. The summed E-state index contributed by atoms with van der Waals surface area (Å²) in [4.78, 5) is 33.6. The summed E-state index contributed by atoms with van der Waals surface area (Å²) >= 11 is 0. The molecule has 0 aromatic heterocycles. The van der Waals surface area contributed by atoms with Gasteiger partial charge in [-0.2, -0.15) is 0 Å². The van der Waals surface area contributed by atoms with Crippen molar-refractivity contribution in [3.05, 3.63) is 29.8 Å². The topological polar surface area (TPSA) is 119 Å². The van der Waals surface area contributed by atoms with Gasteiger partial charge in [-0.1, -0.05) is 0 Å².